The van der Waals surface area contributed by atoms with Crippen LogP contribution >= 0.6 is 0 Å². The molecule has 0 aliphatic heterocycles. The Kier molecular flexibility index (Phi) is 4.93. The SMILES string of the molecule is CCC(=O)NC(Nc1ccc(C)c[nH+]1)(C(F)(F)F)C(F)(F)F. The van der Waals surface area contributed by atoms with Crippen molar-refractivity contribution >= 4 is 11.7 Å². The number of aromatic amines is 1. The van der Waals surface area contributed by atoms with Gasteiger partial charge in [0.2, 0.25) is 5.91 Å². The maximum atomic E-state index is 13.1. The van der Waals surface area contributed by atoms with Gasteiger partial charge in [-0.1, -0.05) is 6.92 Å². The van der Waals surface area contributed by atoms with Crippen LogP contribution in [0.25, 0.3) is 0 Å². The molecule has 22 heavy (non-hydrogen) atoms. The zero-order valence-electron chi connectivity index (χ0n) is 11.6. The minimum atomic E-state index is -5.81. The Bertz CT molecular complexity index is 509. The van der Waals surface area contributed by atoms with Gasteiger partial charge in [0.1, 0.15) is 0 Å². The maximum Gasteiger partial charge on any atom is 0.462 e. The van der Waals surface area contributed by atoms with E-state index in [-0.39, 0.29) is 0 Å². The predicted octanol–water partition coefficient (Wildman–Crippen LogP) is 2.57. The number of rotatable bonds is 4. The Balaban J connectivity index is 3.35. The standard InChI is InChI=1S/C12H13F6N3O/c1-3-9(22)21-10(11(13,14)15,12(16,17)18)20-8-5-4-7(2)6-19-8/h4-6H,3H2,1-2H3,(H,19,20)(H,21,22)/p+1. The molecule has 1 aromatic rings. The summed E-state index contributed by atoms with van der Waals surface area (Å²) in [6.07, 6.45) is -10.9. The molecule has 0 unspecified atom stereocenters. The Morgan fingerprint density at radius 3 is 2.05 bits per heavy atom. The quantitative estimate of drug-likeness (QED) is 0.658. The van der Waals surface area contributed by atoms with Gasteiger partial charge in [0.05, 0.1) is 6.20 Å². The van der Waals surface area contributed by atoms with Crippen LogP contribution in [0.5, 0.6) is 0 Å². The summed E-state index contributed by atoms with van der Waals surface area (Å²) in [5.74, 6) is -1.94. The van der Waals surface area contributed by atoms with Crippen molar-refractivity contribution in [1.29, 1.82) is 0 Å². The smallest absolute Gasteiger partial charge is 0.300 e. The van der Waals surface area contributed by atoms with E-state index in [1.165, 1.54) is 17.6 Å². The molecule has 0 saturated heterocycles. The number of anilines is 1. The van der Waals surface area contributed by atoms with Crippen molar-refractivity contribution in [2.24, 2.45) is 0 Å². The lowest BCUT2D eigenvalue weighted by Crippen LogP contribution is -2.72. The highest BCUT2D eigenvalue weighted by Gasteiger charge is 2.76. The Labute approximate surface area is 121 Å². The largest absolute Gasteiger partial charge is 0.462 e. The molecule has 0 radical (unpaired) electrons. The Morgan fingerprint density at radius 1 is 1.14 bits per heavy atom. The number of H-pyrrole nitrogens is 1. The number of carbonyl (C=O) groups is 1. The number of aromatic nitrogens is 1. The van der Waals surface area contributed by atoms with E-state index in [4.69, 9.17) is 0 Å². The van der Waals surface area contributed by atoms with Gasteiger partial charge in [-0.25, -0.2) is 10.3 Å². The van der Waals surface area contributed by atoms with Crippen LogP contribution in [-0.4, -0.2) is 23.9 Å². The fourth-order valence-corrected chi connectivity index (χ4v) is 1.56. The molecule has 4 nitrogen and oxygen atoms in total. The monoisotopic (exact) mass is 330 g/mol. The first-order chi connectivity index (χ1) is 9.93. The van der Waals surface area contributed by atoms with Gasteiger partial charge in [0.15, 0.2) is 0 Å². The molecule has 10 heteroatoms. The maximum absolute atomic E-state index is 13.1. The minimum absolute atomic E-state index is 0.535. The number of hydrogen-bond acceptors (Lipinski definition) is 2. The van der Waals surface area contributed by atoms with Crippen molar-refractivity contribution in [3.05, 3.63) is 23.9 Å². The van der Waals surface area contributed by atoms with E-state index >= 15 is 0 Å². The number of pyridine rings is 1. The van der Waals surface area contributed by atoms with Crippen LogP contribution in [0.15, 0.2) is 18.3 Å². The molecule has 124 valence electrons. The van der Waals surface area contributed by atoms with Crippen molar-refractivity contribution in [1.82, 2.24) is 5.32 Å². The molecule has 0 aliphatic carbocycles. The fourth-order valence-electron chi connectivity index (χ4n) is 1.56. The van der Waals surface area contributed by atoms with Crippen molar-refractivity contribution in [3.63, 3.8) is 0 Å². The molecule has 1 heterocycles. The molecule has 0 atom stereocenters. The molecule has 0 fully saturated rings. The highest BCUT2D eigenvalue weighted by molar-refractivity contribution is 5.77. The van der Waals surface area contributed by atoms with Gasteiger partial charge in [-0.05, 0) is 18.6 Å². The van der Waals surface area contributed by atoms with Gasteiger partial charge < -0.3 is 0 Å². The number of nitrogens with one attached hydrogen (secondary N) is 3. The summed E-state index contributed by atoms with van der Waals surface area (Å²) in [5, 5.41) is 2.33. The van der Waals surface area contributed by atoms with Gasteiger partial charge in [-0.2, -0.15) is 26.3 Å². The van der Waals surface area contributed by atoms with E-state index in [1.807, 2.05) is 0 Å². The summed E-state index contributed by atoms with van der Waals surface area (Å²) >= 11 is 0. The number of carbonyl (C=O) groups excluding carboxylic acids is 1. The average molecular weight is 330 g/mol. The minimum Gasteiger partial charge on any atom is -0.300 e. The Morgan fingerprint density at radius 2 is 1.68 bits per heavy atom. The molecular weight excluding hydrogens is 316 g/mol. The lowest BCUT2D eigenvalue weighted by atomic mass is 10.1. The molecular formula is C12H14F6N3O+. The molecule has 0 aromatic carbocycles. The van der Waals surface area contributed by atoms with Gasteiger partial charge in [-0.3, -0.25) is 10.1 Å². The molecule has 0 saturated carbocycles. The average Bonchev–Trinajstić information content (AvgIpc) is 2.37. The van der Waals surface area contributed by atoms with E-state index in [9.17, 15) is 31.1 Å². The number of halogens is 6. The lowest BCUT2D eigenvalue weighted by Gasteiger charge is -2.34. The van der Waals surface area contributed by atoms with Crippen LogP contribution in [0, 0.1) is 6.92 Å². The summed E-state index contributed by atoms with van der Waals surface area (Å²) in [7, 11) is 0. The van der Waals surface area contributed by atoms with Crippen molar-refractivity contribution in [3.8, 4) is 0 Å². The van der Waals surface area contributed by atoms with Gasteiger partial charge in [-0.15, -0.1) is 0 Å². The number of hydrogen-bond donors (Lipinski definition) is 2. The van der Waals surface area contributed by atoms with E-state index in [2.05, 4.69) is 4.98 Å². The summed E-state index contributed by atoms with van der Waals surface area (Å²) in [6, 6.07) is 2.33. The first kappa shape index (κ1) is 18.1. The first-order valence-electron chi connectivity index (χ1n) is 6.14. The van der Waals surface area contributed by atoms with Crippen molar-refractivity contribution in [2.45, 2.75) is 38.3 Å². The third-order valence-corrected chi connectivity index (χ3v) is 2.79. The topological polar surface area (TPSA) is 55.3 Å². The second-order valence-corrected chi connectivity index (χ2v) is 4.55. The third-order valence-electron chi connectivity index (χ3n) is 2.79. The van der Waals surface area contributed by atoms with E-state index in [1.54, 1.807) is 6.92 Å². The molecule has 3 N–H and O–H groups in total. The van der Waals surface area contributed by atoms with Crippen molar-refractivity contribution < 1.29 is 36.1 Å². The summed E-state index contributed by atoms with van der Waals surface area (Å²) < 4.78 is 78.7. The van der Waals surface area contributed by atoms with Gasteiger partial charge in [0.25, 0.3) is 5.82 Å². The molecule has 1 aromatic heterocycles. The molecule has 1 rings (SSSR count). The third kappa shape index (κ3) is 3.60. The normalized spacial score (nSPS) is 12.9. The van der Waals surface area contributed by atoms with Crippen LogP contribution in [-0.2, 0) is 4.79 Å². The predicted molar refractivity (Wildman–Crippen MR) is 64.6 cm³/mol. The highest BCUT2D eigenvalue weighted by Crippen LogP contribution is 2.43. The second-order valence-electron chi connectivity index (χ2n) is 4.55. The molecule has 0 bridgehead atoms. The molecule has 0 aliphatic rings. The van der Waals surface area contributed by atoms with Gasteiger partial charge in [0, 0.05) is 12.5 Å². The van der Waals surface area contributed by atoms with E-state index in [0.29, 0.717) is 5.56 Å². The first-order valence-corrected chi connectivity index (χ1v) is 6.14. The molecule has 0 spiro atoms. The zero-order chi connectivity index (χ0) is 17.2. The zero-order valence-corrected chi connectivity index (χ0v) is 11.6. The van der Waals surface area contributed by atoms with E-state index in [0.717, 1.165) is 18.3 Å². The summed E-state index contributed by atoms with van der Waals surface area (Å²) in [5.41, 5.74) is -3.98. The van der Waals surface area contributed by atoms with Crippen LogP contribution in [0.2, 0.25) is 0 Å². The van der Waals surface area contributed by atoms with E-state index < -0.39 is 36.2 Å². The van der Waals surface area contributed by atoms with Crippen LogP contribution in [0.3, 0.4) is 0 Å². The van der Waals surface area contributed by atoms with Gasteiger partial charge >= 0.3 is 18.0 Å². The number of aryl methyl sites for hydroxylation is 1. The summed E-state index contributed by atoms with van der Waals surface area (Å²) in [6.45, 7) is 2.74. The molecule has 1 amide bonds. The Hall–Kier alpha value is -2.00. The lowest BCUT2D eigenvalue weighted by molar-refractivity contribution is -0.367. The second kappa shape index (κ2) is 6.01. The summed E-state index contributed by atoms with van der Waals surface area (Å²) in [4.78, 5) is 13.5. The number of amides is 1. The number of alkyl halides is 6. The van der Waals surface area contributed by atoms with Crippen LogP contribution in [0.4, 0.5) is 32.2 Å². The van der Waals surface area contributed by atoms with Crippen molar-refractivity contribution in [2.75, 3.05) is 5.32 Å². The van der Waals surface area contributed by atoms with Crippen LogP contribution in [0.1, 0.15) is 18.9 Å². The fraction of sp³-hybridized carbons (Fsp3) is 0.500. The van der Waals surface area contributed by atoms with Crippen LogP contribution < -0.4 is 15.6 Å². The highest BCUT2D eigenvalue weighted by atomic mass is 19.4.